The molecule has 2 aromatic heterocycles. The standard InChI is InChI=1S/C11H9N3OS/c1-2-9-13-14-10(15)7-5-3-4-6-8(7)12-11(14)16-9/h3-6H,2H2,1H3. The van der Waals surface area contributed by atoms with E-state index in [1.807, 2.05) is 25.1 Å². The van der Waals surface area contributed by atoms with Crippen LogP contribution in [0.1, 0.15) is 11.9 Å². The molecule has 0 fully saturated rings. The molecule has 3 aromatic rings. The van der Waals surface area contributed by atoms with E-state index in [0.29, 0.717) is 10.3 Å². The van der Waals surface area contributed by atoms with E-state index in [9.17, 15) is 4.79 Å². The lowest BCUT2D eigenvalue weighted by Crippen LogP contribution is -2.15. The highest BCUT2D eigenvalue weighted by atomic mass is 32.1. The van der Waals surface area contributed by atoms with Crippen molar-refractivity contribution < 1.29 is 0 Å². The van der Waals surface area contributed by atoms with E-state index in [1.54, 1.807) is 6.07 Å². The van der Waals surface area contributed by atoms with Crippen LogP contribution in [-0.2, 0) is 6.42 Å². The maximum Gasteiger partial charge on any atom is 0.283 e. The molecule has 0 amide bonds. The van der Waals surface area contributed by atoms with Crippen LogP contribution in [0.4, 0.5) is 0 Å². The summed E-state index contributed by atoms with van der Waals surface area (Å²) in [5, 5.41) is 5.79. The number of fused-ring (bicyclic) bond motifs is 2. The van der Waals surface area contributed by atoms with Gasteiger partial charge in [0.1, 0.15) is 5.01 Å². The van der Waals surface area contributed by atoms with Crippen molar-refractivity contribution in [3.63, 3.8) is 0 Å². The number of para-hydroxylation sites is 1. The van der Waals surface area contributed by atoms with E-state index in [0.717, 1.165) is 16.9 Å². The van der Waals surface area contributed by atoms with E-state index in [-0.39, 0.29) is 5.56 Å². The molecule has 1 aromatic carbocycles. The minimum absolute atomic E-state index is 0.0865. The van der Waals surface area contributed by atoms with Crippen LogP contribution in [0.5, 0.6) is 0 Å². The van der Waals surface area contributed by atoms with Crippen LogP contribution in [0, 0.1) is 0 Å². The topological polar surface area (TPSA) is 47.3 Å². The number of hydrogen-bond acceptors (Lipinski definition) is 4. The first-order valence-electron chi connectivity index (χ1n) is 5.07. The molecule has 80 valence electrons. The van der Waals surface area contributed by atoms with Gasteiger partial charge in [-0.1, -0.05) is 30.4 Å². The second kappa shape index (κ2) is 3.38. The molecule has 0 aliphatic rings. The van der Waals surface area contributed by atoms with Crippen molar-refractivity contribution >= 4 is 27.2 Å². The first-order valence-corrected chi connectivity index (χ1v) is 5.88. The predicted octanol–water partition coefficient (Wildman–Crippen LogP) is 1.87. The maximum absolute atomic E-state index is 12.1. The first kappa shape index (κ1) is 9.47. The fraction of sp³-hybridized carbons (Fsp3) is 0.182. The Bertz CT molecular complexity index is 729. The molecule has 0 saturated carbocycles. The summed E-state index contributed by atoms with van der Waals surface area (Å²) in [5.74, 6) is 0. The van der Waals surface area contributed by atoms with Crippen molar-refractivity contribution in [2.45, 2.75) is 13.3 Å². The third-order valence-corrected chi connectivity index (χ3v) is 3.50. The Morgan fingerprint density at radius 1 is 1.38 bits per heavy atom. The number of hydrogen-bond donors (Lipinski definition) is 0. The van der Waals surface area contributed by atoms with Crippen molar-refractivity contribution in [1.29, 1.82) is 0 Å². The van der Waals surface area contributed by atoms with Crippen LogP contribution in [0.2, 0.25) is 0 Å². The van der Waals surface area contributed by atoms with Crippen LogP contribution in [0.3, 0.4) is 0 Å². The second-order valence-corrected chi connectivity index (χ2v) is 4.52. The van der Waals surface area contributed by atoms with Crippen LogP contribution in [0.25, 0.3) is 15.9 Å². The Morgan fingerprint density at radius 2 is 2.19 bits per heavy atom. The molecule has 16 heavy (non-hydrogen) atoms. The Balaban J connectivity index is 2.53. The van der Waals surface area contributed by atoms with E-state index >= 15 is 0 Å². The van der Waals surface area contributed by atoms with Crippen molar-refractivity contribution in [3.05, 3.63) is 39.6 Å². The Kier molecular flexibility index (Phi) is 2.00. The SMILES string of the molecule is CCc1nn2c(=O)c3ccccc3nc2s1. The van der Waals surface area contributed by atoms with Gasteiger partial charge in [-0.05, 0) is 18.6 Å². The fourth-order valence-corrected chi connectivity index (χ4v) is 2.47. The normalized spacial score (nSPS) is 11.3. The van der Waals surface area contributed by atoms with Gasteiger partial charge < -0.3 is 0 Å². The highest BCUT2D eigenvalue weighted by Crippen LogP contribution is 2.14. The average molecular weight is 231 g/mol. The summed E-state index contributed by atoms with van der Waals surface area (Å²) < 4.78 is 1.39. The lowest BCUT2D eigenvalue weighted by molar-refractivity contribution is 0.871. The van der Waals surface area contributed by atoms with E-state index < -0.39 is 0 Å². The van der Waals surface area contributed by atoms with Crippen LogP contribution in [0.15, 0.2) is 29.1 Å². The van der Waals surface area contributed by atoms with Gasteiger partial charge in [0.15, 0.2) is 0 Å². The van der Waals surface area contributed by atoms with Gasteiger partial charge >= 0.3 is 0 Å². The van der Waals surface area contributed by atoms with Crippen molar-refractivity contribution in [1.82, 2.24) is 14.6 Å². The van der Waals surface area contributed by atoms with E-state index in [4.69, 9.17) is 0 Å². The molecular formula is C11H9N3OS. The number of nitrogens with zero attached hydrogens (tertiary/aromatic N) is 3. The number of rotatable bonds is 1. The largest absolute Gasteiger partial charge is 0.283 e. The minimum Gasteiger partial charge on any atom is -0.267 e. The molecule has 0 atom stereocenters. The molecule has 0 aliphatic heterocycles. The van der Waals surface area contributed by atoms with Crippen LogP contribution < -0.4 is 5.56 Å². The molecule has 3 rings (SSSR count). The highest BCUT2D eigenvalue weighted by Gasteiger charge is 2.08. The monoisotopic (exact) mass is 231 g/mol. The molecule has 2 heterocycles. The van der Waals surface area contributed by atoms with Crippen molar-refractivity contribution in [3.8, 4) is 0 Å². The predicted molar refractivity (Wildman–Crippen MR) is 64.0 cm³/mol. The molecule has 0 radical (unpaired) electrons. The zero-order chi connectivity index (χ0) is 11.1. The number of benzene rings is 1. The summed E-state index contributed by atoms with van der Waals surface area (Å²) in [6.07, 6.45) is 0.823. The Morgan fingerprint density at radius 3 is 3.00 bits per heavy atom. The summed E-state index contributed by atoms with van der Waals surface area (Å²) in [4.78, 5) is 17.2. The first-order chi connectivity index (χ1) is 7.79. The van der Waals surface area contributed by atoms with E-state index in [2.05, 4.69) is 10.1 Å². The second-order valence-electron chi connectivity index (χ2n) is 3.48. The van der Waals surface area contributed by atoms with Gasteiger partial charge in [-0.3, -0.25) is 4.79 Å². The Labute approximate surface area is 95.2 Å². The van der Waals surface area contributed by atoms with Gasteiger partial charge in [0, 0.05) is 0 Å². The summed E-state index contributed by atoms with van der Waals surface area (Å²) in [6, 6.07) is 7.35. The highest BCUT2D eigenvalue weighted by molar-refractivity contribution is 7.16. The van der Waals surface area contributed by atoms with Gasteiger partial charge in [0.2, 0.25) is 4.96 Å². The van der Waals surface area contributed by atoms with Gasteiger partial charge in [-0.25, -0.2) is 4.98 Å². The third-order valence-electron chi connectivity index (χ3n) is 2.45. The van der Waals surface area contributed by atoms with Crippen LogP contribution in [-0.4, -0.2) is 14.6 Å². The zero-order valence-corrected chi connectivity index (χ0v) is 9.49. The molecule has 0 unspecified atom stereocenters. The molecular weight excluding hydrogens is 222 g/mol. The lowest BCUT2D eigenvalue weighted by Gasteiger charge is -1.95. The summed E-state index contributed by atoms with van der Waals surface area (Å²) in [5.41, 5.74) is 0.648. The lowest BCUT2D eigenvalue weighted by atomic mass is 10.2. The number of aromatic nitrogens is 3. The molecule has 0 saturated heterocycles. The van der Waals surface area contributed by atoms with Gasteiger partial charge in [0.25, 0.3) is 5.56 Å². The molecule has 5 heteroatoms. The number of aryl methyl sites for hydroxylation is 1. The van der Waals surface area contributed by atoms with E-state index in [1.165, 1.54) is 15.9 Å². The minimum atomic E-state index is -0.0865. The molecule has 4 nitrogen and oxygen atoms in total. The molecule has 0 N–H and O–H groups in total. The quantitative estimate of drug-likeness (QED) is 0.642. The van der Waals surface area contributed by atoms with Crippen molar-refractivity contribution in [2.24, 2.45) is 0 Å². The Hall–Kier alpha value is -1.75. The van der Waals surface area contributed by atoms with Gasteiger partial charge in [-0.2, -0.15) is 9.61 Å². The zero-order valence-electron chi connectivity index (χ0n) is 8.67. The van der Waals surface area contributed by atoms with Gasteiger partial charge in [-0.15, -0.1) is 0 Å². The summed E-state index contributed by atoms with van der Waals surface area (Å²) >= 11 is 1.47. The van der Waals surface area contributed by atoms with Crippen molar-refractivity contribution in [2.75, 3.05) is 0 Å². The van der Waals surface area contributed by atoms with Crippen LogP contribution >= 0.6 is 11.3 Å². The molecule has 0 aliphatic carbocycles. The third kappa shape index (κ3) is 1.25. The molecule has 0 bridgehead atoms. The fourth-order valence-electron chi connectivity index (χ4n) is 1.64. The maximum atomic E-state index is 12.1. The van der Waals surface area contributed by atoms with Gasteiger partial charge in [0.05, 0.1) is 10.9 Å². The smallest absolute Gasteiger partial charge is 0.267 e. The average Bonchev–Trinajstić information content (AvgIpc) is 2.73. The summed E-state index contributed by atoms with van der Waals surface area (Å²) in [6.45, 7) is 2.02. The molecule has 0 spiro atoms. The summed E-state index contributed by atoms with van der Waals surface area (Å²) in [7, 11) is 0.